The van der Waals surface area contributed by atoms with Gasteiger partial charge in [-0.1, -0.05) is 122 Å². The van der Waals surface area contributed by atoms with Crippen molar-refractivity contribution >= 4 is 19.8 Å². The summed E-state index contributed by atoms with van der Waals surface area (Å²) in [5.74, 6) is -0.913. The third-order valence-electron chi connectivity index (χ3n) is 7.69. The number of hydrogen-bond acceptors (Lipinski definition) is 6. The fourth-order valence-electron chi connectivity index (χ4n) is 4.95. The SMILES string of the molecule is CCCCCCC/C=C/CCCCCCCC(=O)OC[C@H](COP(=O)(O)O)OC(=O)CCCCC/C=C/CCCCCCCC. The van der Waals surface area contributed by atoms with Crippen LogP contribution in [0.4, 0.5) is 0 Å². The maximum absolute atomic E-state index is 12.3. The number of esters is 2. The van der Waals surface area contributed by atoms with Crippen LogP contribution in [0.1, 0.15) is 174 Å². The number of carbonyl (C=O) groups excluding carboxylic acids is 2. The summed E-state index contributed by atoms with van der Waals surface area (Å²) in [5.41, 5.74) is 0. The van der Waals surface area contributed by atoms with Crippen molar-refractivity contribution in [3.63, 3.8) is 0 Å². The van der Waals surface area contributed by atoms with Crippen molar-refractivity contribution in [2.24, 2.45) is 0 Å². The van der Waals surface area contributed by atoms with Crippen LogP contribution in [0, 0.1) is 0 Å². The first-order valence-electron chi connectivity index (χ1n) is 18.1. The number of phosphoric ester groups is 1. The molecule has 0 saturated heterocycles. The van der Waals surface area contributed by atoms with Crippen molar-refractivity contribution in [2.75, 3.05) is 13.2 Å². The topological polar surface area (TPSA) is 119 Å². The van der Waals surface area contributed by atoms with Crippen LogP contribution < -0.4 is 0 Å². The molecule has 0 aromatic rings. The van der Waals surface area contributed by atoms with Crippen LogP contribution in [0.25, 0.3) is 0 Å². The van der Waals surface area contributed by atoms with Crippen LogP contribution in [0.3, 0.4) is 0 Å². The van der Waals surface area contributed by atoms with E-state index in [0.29, 0.717) is 12.8 Å². The average Bonchev–Trinajstić information content (AvgIpc) is 3.00. The van der Waals surface area contributed by atoms with Crippen molar-refractivity contribution in [3.05, 3.63) is 24.3 Å². The van der Waals surface area contributed by atoms with Gasteiger partial charge >= 0.3 is 19.8 Å². The van der Waals surface area contributed by atoms with Crippen molar-refractivity contribution in [3.8, 4) is 0 Å². The van der Waals surface area contributed by atoms with Crippen LogP contribution in [0.5, 0.6) is 0 Å². The zero-order valence-electron chi connectivity index (χ0n) is 28.8. The highest BCUT2D eigenvalue weighted by Gasteiger charge is 2.22. The van der Waals surface area contributed by atoms with Gasteiger partial charge in [-0.05, 0) is 64.2 Å². The first-order valence-corrected chi connectivity index (χ1v) is 19.7. The lowest BCUT2D eigenvalue weighted by Crippen LogP contribution is -2.29. The molecule has 0 unspecified atom stereocenters. The minimum Gasteiger partial charge on any atom is -0.462 e. The quantitative estimate of drug-likeness (QED) is 0.0309. The molecule has 9 heteroatoms. The molecule has 264 valence electrons. The molecule has 0 aliphatic heterocycles. The lowest BCUT2D eigenvalue weighted by molar-refractivity contribution is -0.161. The molecule has 0 rings (SSSR count). The minimum atomic E-state index is -4.75. The van der Waals surface area contributed by atoms with E-state index in [1.54, 1.807) is 0 Å². The van der Waals surface area contributed by atoms with Gasteiger partial charge in [0.25, 0.3) is 0 Å². The fraction of sp³-hybridized carbons (Fsp3) is 0.833. The molecule has 0 radical (unpaired) electrons. The van der Waals surface area contributed by atoms with E-state index < -0.39 is 32.5 Å². The molecular weight excluding hydrogens is 591 g/mol. The van der Waals surface area contributed by atoms with Crippen molar-refractivity contribution in [2.45, 2.75) is 180 Å². The lowest BCUT2D eigenvalue weighted by Gasteiger charge is -2.18. The van der Waals surface area contributed by atoms with Crippen molar-refractivity contribution < 1.29 is 37.9 Å². The molecule has 8 nitrogen and oxygen atoms in total. The highest BCUT2D eigenvalue weighted by molar-refractivity contribution is 7.46. The fourth-order valence-corrected chi connectivity index (χ4v) is 5.31. The summed E-state index contributed by atoms with van der Waals surface area (Å²) in [7, 11) is -4.75. The Hall–Kier alpha value is -1.47. The summed E-state index contributed by atoms with van der Waals surface area (Å²) < 4.78 is 26.2. The van der Waals surface area contributed by atoms with Crippen LogP contribution in [0.15, 0.2) is 24.3 Å². The first-order chi connectivity index (χ1) is 21.8. The highest BCUT2D eigenvalue weighted by atomic mass is 31.2. The lowest BCUT2D eigenvalue weighted by atomic mass is 10.1. The van der Waals surface area contributed by atoms with Gasteiger partial charge in [-0.3, -0.25) is 14.1 Å². The van der Waals surface area contributed by atoms with Crippen LogP contribution >= 0.6 is 7.82 Å². The van der Waals surface area contributed by atoms with E-state index in [2.05, 4.69) is 42.7 Å². The Kier molecular flexibility index (Phi) is 31.4. The second kappa shape index (κ2) is 32.5. The van der Waals surface area contributed by atoms with Crippen molar-refractivity contribution in [1.29, 1.82) is 0 Å². The molecule has 0 aliphatic rings. The Labute approximate surface area is 275 Å². The minimum absolute atomic E-state index is 0.191. The van der Waals surface area contributed by atoms with Gasteiger partial charge in [0.2, 0.25) is 0 Å². The molecule has 0 spiro atoms. The van der Waals surface area contributed by atoms with Gasteiger partial charge in [0.05, 0.1) is 6.61 Å². The summed E-state index contributed by atoms with van der Waals surface area (Å²) in [6.07, 6.45) is 34.7. The van der Waals surface area contributed by atoms with Crippen LogP contribution in [0.2, 0.25) is 0 Å². The number of phosphoric acid groups is 1. The molecule has 2 N–H and O–H groups in total. The number of rotatable bonds is 33. The van der Waals surface area contributed by atoms with Gasteiger partial charge in [0.1, 0.15) is 6.61 Å². The van der Waals surface area contributed by atoms with Gasteiger partial charge in [0.15, 0.2) is 6.10 Å². The molecule has 0 aromatic carbocycles. The smallest absolute Gasteiger partial charge is 0.462 e. The Morgan fingerprint density at radius 3 is 1.38 bits per heavy atom. The van der Waals surface area contributed by atoms with Crippen LogP contribution in [-0.4, -0.2) is 41.0 Å². The summed E-state index contributed by atoms with van der Waals surface area (Å²) in [5, 5.41) is 0. The van der Waals surface area contributed by atoms with E-state index in [4.69, 9.17) is 19.3 Å². The second-order valence-electron chi connectivity index (χ2n) is 12.2. The van der Waals surface area contributed by atoms with Gasteiger partial charge in [-0.15, -0.1) is 0 Å². The molecule has 0 amide bonds. The van der Waals surface area contributed by atoms with Gasteiger partial charge in [0, 0.05) is 12.8 Å². The number of carbonyl (C=O) groups is 2. The summed E-state index contributed by atoms with van der Waals surface area (Å²) in [6.45, 7) is 3.63. The molecule has 0 saturated carbocycles. The second-order valence-corrected chi connectivity index (χ2v) is 13.4. The summed E-state index contributed by atoms with van der Waals surface area (Å²) >= 11 is 0. The Bertz CT molecular complexity index is 792. The van der Waals surface area contributed by atoms with Gasteiger partial charge in [-0.2, -0.15) is 0 Å². The average molecular weight is 659 g/mol. The summed E-state index contributed by atoms with van der Waals surface area (Å²) in [4.78, 5) is 42.6. The molecular formula is C36H67O8P. The number of ether oxygens (including phenoxy) is 2. The predicted molar refractivity (Wildman–Crippen MR) is 184 cm³/mol. The molecule has 0 bridgehead atoms. The monoisotopic (exact) mass is 658 g/mol. The zero-order chi connectivity index (χ0) is 33.3. The maximum Gasteiger partial charge on any atom is 0.469 e. The standard InChI is InChI=1S/C36H67O8P/c1-3-5-7-9-11-13-15-17-19-20-22-24-26-28-30-35(37)42-32-34(33-43-45(39,40)41)44-36(38)31-29-27-25-23-21-18-16-14-12-10-8-6-4-2/h15,17-18,21,34H,3-14,16,19-20,22-33H2,1-2H3,(H2,39,40,41)/b17-15+,21-18+/t34-/m1/s1. The van der Waals surface area contributed by atoms with Crippen molar-refractivity contribution in [1.82, 2.24) is 0 Å². The highest BCUT2D eigenvalue weighted by Crippen LogP contribution is 2.36. The Balaban J connectivity index is 4.02. The molecule has 0 aromatic heterocycles. The third-order valence-corrected chi connectivity index (χ3v) is 8.18. The van der Waals surface area contributed by atoms with Gasteiger partial charge < -0.3 is 19.3 Å². The largest absolute Gasteiger partial charge is 0.469 e. The Morgan fingerprint density at radius 1 is 0.556 bits per heavy atom. The van der Waals surface area contributed by atoms with E-state index >= 15 is 0 Å². The van der Waals surface area contributed by atoms with E-state index in [1.165, 1.54) is 77.0 Å². The van der Waals surface area contributed by atoms with Gasteiger partial charge in [-0.25, -0.2) is 4.57 Å². The molecule has 0 fully saturated rings. The predicted octanol–water partition coefficient (Wildman–Crippen LogP) is 10.5. The molecule has 0 heterocycles. The zero-order valence-corrected chi connectivity index (χ0v) is 29.7. The van der Waals surface area contributed by atoms with Crippen LogP contribution in [-0.2, 0) is 28.2 Å². The Morgan fingerprint density at radius 2 is 0.933 bits per heavy atom. The number of unbranched alkanes of at least 4 members (excludes halogenated alkanes) is 19. The molecule has 45 heavy (non-hydrogen) atoms. The maximum atomic E-state index is 12.3. The first kappa shape index (κ1) is 43.5. The summed E-state index contributed by atoms with van der Waals surface area (Å²) in [6, 6.07) is 0. The van der Waals surface area contributed by atoms with E-state index in [0.717, 1.165) is 57.8 Å². The van der Waals surface area contributed by atoms with E-state index in [-0.39, 0.29) is 19.4 Å². The number of hydrogen-bond donors (Lipinski definition) is 2. The van der Waals surface area contributed by atoms with E-state index in [1.807, 2.05) is 0 Å². The van der Waals surface area contributed by atoms with E-state index in [9.17, 15) is 14.2 Å². The number of allylic oxidation sites excluding steroid dienone is 4. The molecule has 0 aliphatic carbocycles. The normalized spacial score (nSPS) is 12.7. The molecule has 1 atom stereocenters. The third kappa shape index (κ3) is 35.2.